The molecule has 2 fully saturated rings. The van der Waals surface area contributed by atoms with Crippen LogP contribution in [0.3, 0.4) is 0 Å². The molecular weight excluding hydrogens is 186 g/mol. The lowest BCUT2D eigenvalue weighted by Gasteiger charge is -2.40. The van der Waals surface area contributed by atoms with E-state index in [1.165, 1.54) is 52.1 Å². The van der Waals surface area contributed by atoms with Gasteiger partial charge in [0.1, 0.15) is 0 Å². The zero-order valence-electron chi connectivity index (χ0n) is 9.62. The Morgan fingerprint density at radius 1 is 1.13 bits per heavy atom. The van der Waals surface area contributed by atoms with Crippen molar-refractivity contribution in [2.24, 2.45) is 0 Å². The second kappa shape index (κ2) is 5.64. The van der Waals surface area contributed by atoms with E-state index in [0.717, 1.165) is 12.6 Å². The summed E-state index contributed by atoms with van der Waals surface area (Å²) in [6.45, 7) is 12.2. The van der Waals surface area contributed by atoms with Crippen molar-refractivity contribution in [3.63, 3.8) is 0 Å². The molecule has 0 aromatic carbocycles. The van der Waals surface area contributed by atoms with Crippen molar-refractivity contribution in [2.45, 2.75) is 18.9 Å². The highest BCUT2D eigenvalue weighted by atomic mass is 15.3. The summed E-state index contributed by atoms with van der Waals surface area (Å²) < 4.78 is 0. The molecule has 0 aromatic rings. The Bertz CT molecular complexity index is 191. The molecule has 0 radical (unpaired) electrons. The molecule has 0 aromatic heterocycles. The summed E-state index contributed by atoms with van der Waals surface area (Å²) in [7, 11) is 0. The second-order valence-electron chi connectivity index (χ2n) is 4.61. The molecule has 2 aliphatic rings. The summed E-state index contributed by atoms with van der Waals surface area (Å²) >= 11 is 0. The number of piperidine rings is 1. The van der Waals surface area contributed by atoms with Crippen LogP contribution in [-0.2, 0) is 0 Å². The van der Waals surface area contributed by atoms with Crippen LogP contribution in [0.1, 0.15) is 12.8 Å². The quantitative estimate of drug-likeness (QED) is 0.685. The normalized spacial score (nSPS) is 26.7. The summed E-state index contributed by atoms with van der Waals surface area (Å²) in [5.74, 6) is 0. The van der Waals surface area contributed by atoms with E-state index in [9.17, 15) is 0 Å². The lowest BCUT2D eigenvalue weighted by Crippen LogP contribution is -2.52. The predicted octanol–water partition coefficient (Wildman–Crippen LogP) is 0.542. The van der Waals surface area contributed by atoms with Gasteiger partial charge in [-0.2, -0.15) is 0 Å². The van der Waals surface area contributed by atoms with E-state index in [-0.39, 0.29) is 0 Å². The first-order valence-electron chi connectivity index (χ1n) is 6.18. The monoisotopic (exact) mass is 209 g/mol. The third-order valence-corrected chi connectivity index (χ3v) is 3.62. The van der Waals surface area contributed by atoms with Gasteiger partial charge in [-0.3, -0.25) is 9.80 Å². The van der Waals surface area contributed by atoms with E-state index in [0.29, 0.717) is 0 Å². The summed E-state index contributed by atoms with van der Waals surface area (Å²) in [6, 6.07) is 0.845. The van der Waals surface area contributed by atoms with Crippen molar-refractivity contribution < 1.29 is 0 Å². The van der Waals surface area contributed by atoms with Crippen molar-refractivity contribution in [1.82, 2.24) is 15.1 Å². The second-order valence-corrected chi connectivity index (χ2v) is 4.61. The zero-order valence-corrected chi connectivity index (χ0v) is 9.62. The summed E-state index contributed by atoms with van der Waals surface area (Å²) in [4.78, 5) is 5.17. The first kappa shape index (κ1) is 11.1. The zero-order chi connectivity index (χ0) is 10.5. The third kappa shape index (κ3) is 3.03. The maximum absolute atomic E-state index is 3.80. The van der Waals surface area contributed by atoms with Gasteiger partial charge in [-0.15, -0.1) is 6.58 Å². The molecule has 15 heavy (non-hydrogen) atoms. The van der Waals surface area contributed by atoms with Gasteiger partial charge in [0, 0.05) is 38.8 Å². The third-order valence-electron chi connectivity index (χ3n) is 3.62. The number of hydrogen-bond acceptors (Lipinski definition) is 3. The van der Waals surface area contributed by atoms with E-state index in [1.54, 1.807) is 0 Å². The molecule has 0 amide bonds. The molecule has 3 heteroatoms. The molecule has 0 aliphatic carbocycles. The fourth-order valence-corrected chi connectivity index (χ4v) is 2.67. The maximum Gasteiger partial charge on any atom is 0.0161 e. The van der Waals surface area contributed by atoms with E-state index >= 15 is 0 Å². The Balaban J connectivity index is 1.74. The number of piperazine rings is 1. The van der Waals surface area contributed by atoms with Gasteiger partial charge in [-0.05, 0) is 25.9 Å². The molecule has 0 spiro atoms. The van der Waals surface area contributed by atoms with Gasteiger partial charge in [0.15, 0.2) is 0 Å². The summed E-state index contributed by atoms with van der Waals surface area (Å²) in [6.07, 6.45) is 4.68. The molecule has 2 aliphatic heterocycles. The van der Waals surface area contributed by atoms with Crippen molar-refractivity contribution in [3.05, 3.63) is 12.7 Å². The summed E-state index contributed by atoms with van der Waals surface area (Å²) in [5.41, 5.74) is 0. The Hall–Kier alpha value is -0.380. The van der Waals surface area contributed by atoms with Gasteiger partial charge in [-0.1, -0.05) is 6.08 Å². The smallest absolute Gasteiger partial charge is 0.0161 e. The van der Waals surface area contributed by atoms with Crippen LogP contribution >= 0.6 is 0 Å². The molecule has 2 rings (SSSR count). The molecule has 86 valence electrons. The van der Waals surface area contributed by atoms with Crippen molar-refractivity contribution in [3.8, 4) is 0 Å². The molecular formula is C12H23N3. The van der Waals surface area contributed by atoms with Crippen LogP contribution < -0.4 is 5.32 Å². The molecule has 1 N–H and O–H groups in total. The highest BCUT2D eigenvalue weighted by Gasteiger charge is 2.24. The van der Waals surface area contributed by atoms with Gasteiger partial charge in [-0.25, -0.2) is 0 Å². The maximum atomic E-state index is 3.80. The van der Waals surface area contributed by atoms with E-state index in [2.05, 4.69) is 21.7 Å². The highest BCUT2D eigenvalue weighted by Crippen LogP contribution is 2.14. The summed E-state index contributed by atoms with van der Waals surface area (Å²) in [5, 5.41) is 3.43. The fourth-order valence-electron chi connectivity index (χ4n) is 2.67. The SMILES string of the molecule is C=CCN1CCN(C2CCNCC2)CC1. The number of nitrogens with one attached hydrogen (secondary N) is 1. The lowest BCUT2D eigenvalue weighted by atomic mass is 10.0. The van der Waals surface area contributed by atoms with E-state index in [4.69, 9.17) is 0 Å². The van der Waals surface area contributed by atoms with E-state index < -0.39 is 0 Å². The first-order chi connectivity index (χ1) is 7.40. The topological polar surface area (TPSA) is 18.5 Å². The average Bonchev–Trinajstić information content (AvgIpc) is 2.32. The van der Waals surface area contributed by atoms with Crippen LogP contribution in [-0.4, -0.2) is 61.7 Å². The van der Waals surface area contributed by atoms with Crippen molar-refractivity contribution in [1.29, 1.82) is 0 Å². The van der Waals surface area contributed by atoms with Gasteiger partial charge < -0.3 is 5.32 Å². The Morgan fingerprint density at radius 2 is 1.80 bits per heavy atom. The van der Waals surface area contributed by atoms with E-state index in [1.807, 2.05) is 6.08 Å². The van der Waals surface area contributed by atoms with Crippen LogP contribution in [0.5, 0.6) is 0 Å². The van der Waals surface area contributed by atoms with Gasteiger partial charge in [0.05, 0.1) is 0 Å². The van der Waals surface area contributed by atoms with Crippen LogP contribution in [0.4, 0.5) is 0 Å². The minimum Gasteiger partial charge on any atom is -0.317 e. The van der Waals surface area contributed by atoms with Crippen LogP contribution in [0, 0.1) is 0 Å². The fraction of sp³-hybridized carbons (Fsp3) is 0.833. The molecule has 2 saturated heterocycles. The molecule has 0 bridgehead atoms. The highest BCUT2D eigenvalue weighted by molar-refractivity contribution is 4.84. The van der Waals surface area contributed by atoms with Crippen molar-refractivity contribution in [2.75, 3.05) is 45.8 Å². The lowest BCUT2D eigenvalue weighted by molar-refractivity contribution is 0.0879. The molecule has 3 nitrogen and oxygen atoms in total. The minimum absolute atomic E-state index is 0.845. The Morgan fingerprint density at radius 3 is 2.40 bits per heavy atom. The molecule has 0 atom stereocenters. The standard InChI is InChI=1S/C12H23N3/c1-2-7-14-8-10-15(11-9-14)12-3-5-13-6-4-12/h2,12-13H,1,3-11H2. The van der Waals surface area contributed by atoms with Crippen LogP contribution in [0.2, 0.25) is 0 Å². The first-order valence-corrected chi connectivity index (χ1v) is 6.18. The van der Waals surface area contributed by atoms with Crippen LogP contribution in [0.25, 0.3) is 0 Å². The number of nitrogens with zero attached hydrogens (tertiary/aromatic N) is 2. The largest absolute Gasteiger partial charge is 0.317 e. The van der Waals surface area contributed by atoms with Gasteiger partial charge >= 0.3 is 0 Å². The predicted molar refractivity (Wildman–Crippen MR) is 64.1 cm³/mol. The molecule has 0 unspecified atom stereocenters. The number of rotatable bonds is 3. The number of hydrogen-bond donors (Lipinski definition) is 1. The van der Waals surface area contributed by atoms with Crippen molar-refractivity contribution >= 4 is 0 Å². The molecule has 0 saturated carbocycles. The Labute approximate surface area is 93.1 Å². The minimum atomic E-state index is 0.845. The molecule has 2 heterocycles. The Kier molecular flexibility index (Phi) is 4.18. The van der Waals surface area contributed by atoms with Gasteiger partial charge in [0.2, 0.25) is 0 Å². The van der Waals surface area contributed by atoms with Gasteiger partial charge in [0.25, 0.3) is 0 Å². The average molecular weight is 209 g/mol. The van der Waals surface area contributed by atoms with Crippen LogP contribution in [0.15, 0.2) is 12.7 Å².